The molecule has 0 amide bonds. The van der Waals surface area contributed by atoms with Crippen LogP contribution in [0.25, 0.3) is 11.0 Å². The molecule has 0 aliphatic heterocycles. The summed E-state index contributed by atoms with van der Waals surface area (Å²) in [5.41, 5.74) is -1.33. The van der Waals surface area contributed by atoms with E-state index in [0.717, 1.165) is 0 Å². The van der Waals surface area contributed by atoms with E-state index in [1.807, 2.05) is 0 Å². The first-order chi connectivity index (χ1) is 9.81. The Kier molecular flexibility index (Phi) is 4.20. The van der Waals surface area contributed by atoms with Crippen molar-refractivity contribution in [1.29, 1.82) is 0 Å². The number of hydrogen-bond donors (Lipinski definition) is 2. The molecule has 0 bridgehead atoms. The van der Waals surface area contributed by atoms with Crippen LogP contribution in [0.3, 0.4) is 0 Å². The molecule has 0 fully saturated rings. The van der Waals surface area contributed by atoms with Crippen molar-refractivity contribution in [3.8, 4) is 11.5 Å². The molecule has 0 spiro atoms. The molecule has 21 heavy (non-hydrogen) atoms. The zero-order valence-electron chi connectivity index (χ0n) is 12.1. The van der Waals surface area contributed by atoms with Gasteiger partial charge >= 0.3 is 5.63 Å². The Morgan fingerprint density at radius 2 is 2.00 bits per heavy atom. The summed E-state index contributed by atoms with van der Waals surface area (Å²) in [6.45, 7) is 2.89. The topological polar surface area (TPSA) is 89.1 Å². The van der Waals surface area contributed by atoms with Crippen LogP contribution in [0, 0.1) is 0 Å². The van der Waals surface area contributed by atoms with Crippen molar-refractivity contribution in [2.45, 2.75) is 25.6 Å². The van der Waals surface area contributed by atoms with Crippen LogP contribution in [-0.4, -0.2) is 35.6 Å². The standard InChI is InChI=1S/C15H18O6/c1-15(2,18)13(16)8-20-12-6-9-4-5-14(17)21-10(9)7-11(12)19-3/h4-7,13,16,18H,8H2,1-3H3/t13-/m0/s1. The number of aliphatic hydroxyl groups is 2. The molecule has 0 saturated carbocycles. The highest BCUT2D eigenvalue weighted by molar-refractivity contribution is 5.80. The maximum atomic E-state index is 11.2. The molecule has 0 radical (unpaired) electrons. The summed E-state index contributed by atoms with van der Waals surface area (Å²) in [5, 5.41) is 20.1. The number of ether oxygens (including phenoxy) is 2. The maximum Gasteiger partial charge on any atom is 0.336 e. The molecule has 1 atom stereocenters. The van der Waals surface area contributed by atoms with Crippen molar-refractivity contribution in [3.05, 3.63) is 34.7 Å². The molecule has 1 heterocycles. The van der Waals surface area contributed by atoms with Gasteiger partial charge in [-0.2, -0.15) is 0 Å². The van der Waals surface area contributed by atoms with E-state index >= 15 is 0 Å². The molecular formula is C15H18O6. The van der Waals surface area contributed by atoms with Crippen molar-refractivity contribution >= 4 is 11.0 Å². The molecule has 2 rings (SSSR count). The molecule has 6 heteroatoms. The van der Waals surface area contributed by atoms with Gasteiger partial charge in [-0.05, 0) is 26.0 Å². The quantitative estimate of drug-likeness (QED) is 0.808. The van der Waals surface area contributed by atoms with Crippen LogP contribution < -0.4 is 15.1 Å². The minimum atomic E-state index is -1.27. The van der Waals surface area contributed by atoms with Crippen LogP contribution in [0.2, 0.25) is 0 Å². The second-order valence-corrected chi connectivity index (χ2v) is 5.28. The highest BCUT2D eigenvalue weighted by Gasteiger charge is 2.25. The number of rotatable bonds is 5. The fraction of sp³-hybridized carbons (Fsp3) is 0.400. The summed E-state index contributed by atoms with van der Waals surface area (Å²) in [7, 11) is 1.46. The van der Waals surface area contributed by atoms with Crippen LogP contribution in [0.15, 0.2) is 33.5 Å². The molecule has 2 N–H and O–H groups in total. The highest BCUT2D eigenvalue weighted by Crippen LogP contribution is 2.32. The minimum Gasteiger partial charge on any atom is -0.493 e. The first-order valence-corrected chi connectivity index (χ1v) is 6.46. The van der Waals surface area contributed by atoms with Gasteiger partial charge in [0.1, 0.15) is 18.3 Å². The third-order valence-electron chi connectivity index (χ3n) is 3.12. The molecule has 0 aliphatic rings. The van der Waals surface area contributed by atoms with Crippen molar-refractivity contribution in [1.82, 2.24) is 0 Å². The minimum absolute atomic E-state index is 0.0951. The van der Waals surface area contributed by atoms with E-state index in [1.165, 1.54) is 27.0 Å². The summed E-state index contributed by atoms with van der Waals surface area (Å²) in [6.07, 6.45) is -1.05. The summed E-state index contributed by atoms with van der Waals surface area (Å²) < 4.78 is 15.7. The zero-order chi connectivity index (χ0) is 15.6. The average Bonchev–Trinajstić information content (AvgIpc) is 2.42. The van der Waals surface area contributed by atoms with Crippen LogP contribution in [0.1, 0.15) is 13.8 Å². The lowest BCUT2D eigenvalue weighted by Crippen LogP contribution is -2.40. The van der Waals surface area contributed by atoms with Crippen LogP contribution in [-0.2, 0) is 0 Å². The lowest BCUT2D eigenvalue weighted by atomic mass is 10.0. The maximum absolute atomic E-state index is 11.2. The van der Waals surface area contributed by atoms with Crippen molar-refractivity contribution in [2.24, 2.45) is 0 Å². The van der Waals surface area contributed by atoms with Gasteiger partial charge in [-0.3, -0.25) is 0 Å². The van der Waals surface area contributed by atoms with Gasteiger partial charge < -0.3 is 24.1 Å². The van der Waals surface area contributed by atoms with Crippen LogP contribution in [0.4, 0.5) is 0 Å². The van der Waals surface area contributed by atoms with E-state index < -0.39 is 17.3 Å². The van der Waals surface area contributed by atoms with Crippen molar-refractivity contribution < 1.29 is 24.1 Å². The van der Waals surface area contributed by atoms with E-state index in [4.69, 9.17) is 13.9 Å². The summed E-state index contributed by atoms with van der Waals surface area (Å²) in [5.74, 6) is 0.766. The van der Waals surface area contributed by atoms with Crippen molar-refractivity contribution in [2.75, 3.05) is 13.7 Å². The Bertz CT molecular complexity index is 683. The summed E-state index contributed by atoms with van der Waals surface area (Å²) in [4.78, 5) is 11.2. The van der Waals surface area contributed by atoms with Gasteiger partial charge in [0.15, 0.2) is 11.5 Å². The van der Waals surface area contributed by atoms with Crippen molar-refractivity contribution in [3.63, 3.8) is 0 Å². The van der Waals surface area contributed by atoms with E-state index in [1.54, 1.807) is 18.2 Å². The molecule has 2 aromatic rings. The Balaban J connectivity index is 2.30. The number of aliphatic hydroxyl groups excluding tert-OH is 1. The fourth-order valence-electron chi connectivity index (χ4n) is 1.72. The lowest BCUT2D eigenvalue weighted by Gasteiger charge is -2.24. The molecular weight excluding hydrogens is 276 g/mol. The SMILES string of the molecule is COc1cc2oc(=O)ccc2cc1OC[C@H](O)C(C)(C)O. The van der Waals surface area contributed by atoms with Gasteiger partial charge in [0, 0.05) is 17.5 Å². The van der Waals surface area contributed by atoms with E-state index in [0.29, 0.717) is 22.5 Å². The third-order valence-corrected chi connectivity index (χ3v) is 3.12. The van der Waals surface area contributed by atoms with Gasteiger partial charge in [0.2, 0.25) is 0 Å². The number of fused-ring (bicyclic) bond motifs is 1. The average molecular weight is 294 g/mol. The number of hydrogen-bond acceptors (Lipinski definition) is 6. The van der Waals surface area contributed by atoms with Gasteiger partial charge in [0.05, 0.1) is 12.7 Å². The Morgan fingerprint density at radius 3 is 2.62 bits per heavy atom. The fourth-order valence-corrected chi connectivity index (χ4v) is 1.72. The molecule has 0 saturated heterocycles. The Hall–Kier alpha value is -2.05. The van der Waals surface area contributed by atoms with E-state index in [2.05, 4.69) is 0 Å². The number of benzene rings is 1. The normalized spacial score (nSPS) is 13.2. The molecule has 1 aromatic carbocycles. The first kappa shape index (κ1) is 15.3. The summed E-state index contributed by atoms with van der Waals surface area (Å²) in [6, 6.07) is 6.11. The smallest absolute Gasteiger partial charge is 0.336 e. The largest absolute Gasteiger partial charge is 0.493 e. The molecule has 1 aromatic heterocycles. The predicted octanol–water partition coefficient (Wildman–Crippen LogP) is 1.31. The van der Waals surface area contributed by atoms with E-state index in [-0.39, 0.29) is 6.61 Å². The second kappa shape index (κ2) is 5.75. The van der Waals surface area contributed by atoms with Gasteiger partial charge in [-0.15, -0.1) is 0 Å². The van der Waals surface area contributed by atoms with Gasteiger partial charge in [-0.1, -0.05) is 0 Å². The Labute approximate surface area is 121 Å². The first-order valence-electron chi connectivity index (χ1n) is 6.46. The molecule has 114 valence electrons. The Morgan fingerprint density at radius 1 is 1.29 bits per heavy atom. The van der Waals surface area contributed by atoms with Gasteiger partial charge in [0.25, 0.3) is 0 Å². The summed E-state index contributed by atoms with van der Waals surface area (Å²) >= 11 is 0. The lowest BCUT2D eigenvalue weighted by molar-refractivity contribution is -0.0663. The molecule has 0 aliphatic carbocycles. The zero-order valence-corrected chi connectivity index (χ0v) is 12.1. The molecule has 6 nitrogen and oxygen atoms in total. The monoisotopic (exact) mass is 294 g/mol. The van der Waals surface area contributed by atoms with E-state index in [9.17, 15) is 15.0 Å². The third kappa shape index (κ3) is 3.53. The molecule has 0 unspecified atom stereocenters. The predicted molar refractivity (Wildman–Crippen MR) is 76.8 cm³/mol. The second-order valence-electron chi connectivity index (χ2n) is 5.28. The number of methoxy groups -OCH3 is 1. The highest BCUT2D eigenvalue weighted by atomic mass is 16.5. The van der Waals surface area contributed by atoms with Gasteiger partial charge in [-0.25, -0.2) is 4.79 Å². The van der Waals surface area contributed by atoms with Crippen LogP contribution >= 0.6 is 0 Å². The van der Waals surface area contributed by atoms with Crippen LogP contribution in [0.5, 0.6) is 11.5 Å².